The number of carbonyl (C=O) groups is 1. The van der Waals surface area contributed by atoms with Gasteiger partial charge in [0.05, 0.1) is 12.5 Å². The monoisotopic (exact) mass is 616 g/mol. The molecule has 9 nitrogen and oxygen atoms in total. The molecule has 0 aromatic heterocycles. The number of amides is 1. The molecule has 1 amide bonds. The van der Waals surface area contributed by atoms with Gasteiger partial charge in [-0.05, 0) is 13.1 Å². The zero-order valence-corrected chi connectivity index (χ0v) is 22.5. The van der Waals surface area contributed by atoms with Crippen LogP contribution in [-0.4, -0.2) is 86.2 Å². The summed E-state index contributed by atoms with van der Waals surface area (Å²) in [6.45, 7) is 3.23. The van der Waals surface area contributed by atoms with Crippen molar-refractivity contribution in [3.63, 3.8) is 0 Å². The molecule has 0 atom stereocenters. The van der Waals surface area contributed by atoms with Gasteiger partial charge < -0.3 is 8.61 Å². The van der Waals surface area contributed by atoms with Crippen molar-refractivity contribution in [2.75, 3.05) is 45.3 Å². The zero-order chi connectivity index (χ0) is 23.9. The van der Waals surface area contributed by atoms with Gasteiger partial charge in [0.1, 0.15) is 0 Å². The second-order valence-electron chi connectivity index (χ2n) is 7.08. The first-order valence-corrected chi connectivity index (χ1v) is 18.7. The first kappa shape index (κ1) is 27.6. The van der Waals surface area contributed by atoms with Gasteiger partial charge in [0, 0.05) is 0 Å². The molecule has 2 heterocycles. The molecule has 184 valence electrons. The second-order valence-corrected chi connectivity index (χ2v) is 16.7. The summed E-state index contributed by atoms with van der Waals surface area (Å²) in [6.07, 6.45) is 4.24. The number of carbonyl (C=O) groups excluding carboxylic acids is 1. The van der Waals surface area contributed by atoms with Crippen LogP contribution in [0.1, 0.15) is 18.4 Å². The summed E-state index contributed by atoms with van der Waals surface area (Å²) in [6, 6.07) is 7.48. The molecule has 0 aliphatic carbocycles. The maximum absolute atomic E-state index is 11.9. The Balaban J connectivity index is 0.000000244. The summed E-state index contributed by atoms with van der Waals surface area (Å²) < 4.78 is 53.4. The number of rotatable bonds is 6. The maximum atomic E-state index is 11.9. The molecule has 14 heteroatoms. The third kappa shape index (κ3) is 8.97. The van der Waals surface area contributed by atoms with E-state index in [1.54, 1.807) is 0 Å². The molecule has 0 saturated carbocycles. The van der Waals surface area contributed by atoms with Gasteiger partial charge in [-0.2, -0.15) is 6.67 Å². The molecule has 3 rings (SSSR count). The molecule has 0 bridgehead atoms. The predicted molar refractivity (Wildman–Crippen MR) is 122 cm³/mol. The van der Waals surface area contributed by atoms with E-state index < -0.39 is 33.6 Å². The van der Waals surface area contributed by atoms with Crippen LogP contribution in [0.2, 0.25) is 0 Å². The fourth-order valence-electron chi connectivity index (χ4n) is 2.94. The molecule has 2 saturated heterocycles. The number of halogens is 2. The third-order valence-electron chi connectivity index (χ3n) is 4.57. The average molecular weight is 617 g/mol. The molecule has 0 radical (unpaired) electrons. The van der Waals surface area contributed by atoms with Gasteiger partial charge in [0.15, 0.2) is 20.0 Å². The number of likely N-dealkylation sites (tertiary alicyclic amines) is 1. The number of nitrogens with zero attached hydrogens (tertiary/aromatic N) is 3. The second kappa shape index (κ2) is 12.2. The number of hydrogen-bond acceptors (Lipinski definition) is 6. The molecule has 2 aliphatic rings. The number of ether oxygens (including phenoxy) is 1. The summed E-state index contributed by atoms with van der Waals surface area (Å²) in [7, 11) is 5.10. The van der Waals surface area contributed by atoms with Gasteiger partial charge in [-0.25, -0.2) is 16.8 Å². The molecule has 0 spiro atoms. The fraction of sp³-hybridized carbons (Fsp3) is 0.500. The quantitative estimate of drug-likeness (QED) is 0.354. The Morgan fingerprint density at radius 2 is 1.56 bits per heavy atom. The van der Waals surface area contributed by atoms with E-state index in [1.165, 1.54) is 0 Å². The molecule has 32 heavy (non-hydrogen) atoms. The van der Waals surface area contributed by atoms with Crippen molar-refractivity contribution < 1.29 is 39.9 Å². The van der Waals surface area contributed by atoms with Crippen molar-refractivity contribution >= 4 is 49.9 Å². The van der Waals surface area contributed by atoms with Crippen LogP contribution in [0.15, 0.2) is 24.3 Å². The van der Waals surface area contributed by atoms with Gasteiger partial charge in [-0.1, -0.05) is 0 Å². The van der Waals surface area contributed by atoms with Crippen LogP contribution in [0.5, 0.6) is 5.75 Å². The first-order valence-electron chi connectivity index (χ1n) is 9.49. The van der Waals surface area contributed by atoms with Gasteiger partial charge in [0.2, 0.25) is 0 Å². The number of hydrogen-bond donors (Lipinski definition) is 0. The summed E-state index contributed by atoms with van der Waals surface area (Å²) in [5.41, 5.74) is 0.862. The summed E-state index contributed by atoms with van der Waals surface area (Å²) in [5.74, 6) is 0.702. The molecule has 2 aliphatic heterocycles. The van der Waals surface area contributed by atoms with E-state index in [0.717, 1.165) is 59.3 Å². The molecule has 1 aromatic carbocycles. The van der Waals surface area contributed by atoms with Crippen molar-refractivity contribution in [3.05, 3.63) is 36.5 Å². The van der Waals surface area contributed by atoms with E-state index >= 15 is 0 Å². The SMILES string of the molecule is CS(=O)(=O)N1[CH-]N(S(C)(=O)=O)CC1.O=C(COc1ccccc1[CH]=[Ru]([Cl])[Cl])N1CCCC1. The van der Waals surface area contributed by atoms with Crippen molar-refractivity contribution in [2.24, 2.45) is 0 Å². The minimum atomic E-state index is -3.32. The van der Waals surface area contributed by atoms with Crippen LogP contribution in [0.4, 0.5) is 0 Å². The van der Waals surface area contributed by atoms with E-state index in [0.29, 0.717) is 5.75 Å². The normalized spacial score (nSPS) is 18.1. The van der Waals surface area contributed by atoms with E-state index in [9.17, 15) is 21.6 Å². The van der Waals surface area contributed by atoms with Crippen LogP contribution < -0.4 is 4.74 Å². The van der Waals surface area contributed by atoms with Gasteiger partial charge >= 0.3 is 126 Å². The van der Waals surface area contributed by atoms with Gasteiger partial charge in [0.25, 0.3) is 0 Å². The Kier molecular flexibility index (Phi) is 10.5. The van der Waals surface area contributed by atoms with Crippen LogP contribution >= 0.6 is 19.4 Å². The van der Waals surface area contributed by atoms with E-state index in [2.05, 4.69) is 0 Å². The number of sulfonamides is 2. The standard InChI is InChI=1S/C13H15NO2.C5H11N2O4S2.2ClH.Ru/c1-11-6-2-3-7-12(11)16-10-13(15)14-8-4-5-9-14;1-12(8,9)6-3-4-7(5-6)13(2,10)11;;;/h1-3,6-7H,4-5,8-10H2;5H,3-4H2,1-2H3;2*1H;/q;-1;;;+2/p-2. The van der Waals surface area contributed by atoms with Gasteiger partial charge in [-0.3, -0.25) is 0 Å². The first-order chi connectivity index (χ1) is 14.9. The molecular formula is C18H26Cl2N3O6RuS2-. The minimum absolute atomic E-state index is 0.0400. The van der Waals surface area contributed by atoms with E-state index in [4.69, 9.17) is 24.1 Å². The van der Waals surface area contributed by atoms with Crippen molar-refractivity contribution in [1.82, 2.24) is 13.5 Å². The van der Waals surface area contributed by atoms with Gasteiger partial charge in [-0.15, -0.1) is 0 Å². The van der Waals surface area contributed by atoms with Crippen LogP contribution in [-0.2, 0) is 38.4 Å². The van der Waals surface area contributed by atoms with Crippen molar-refractivity contribution in [2.45, 2.75) is 12.8 Å². The Labute approximate surface area is 202 Å². The van der Waals surface area contributed by atoms with Crippen molar-refractivity contribution in [3.8, 4) is 5.75 Å². The number of para-hydroxylation sites is 1. The molecular weight excluding hydrogens is 590 g/mol. The van der Waals surface area contributed by atoms with E-state index in [1.807, 2.05) is 33.8 Å². The van der Waals surface area contributed by atoms with Crippen LogP contribution in [0.3, 0.4) is 0 Å². The third-order valence-corrected chi connectivity index (χ3v) is 8.66. The number of benzene rings is 1. The zero-order valence-electron chi connectivity index (χ0n) is 17.6. The summed E-state index contributed by atoms with van der Waals surface area (Å²) in [4.78, 5) is 13.7. The molecule has 1 aromatic rings. The van der Waals surface area contributed by atoms with E-state index in [-0.39, 0.29) is 25.6 Å². The van der Waals surface area contributed by atoms with Crippen LogP contribution in [0.25, 0.3) is 0 Å². The fourth-order valence-corrected chi connectivity index (χ4v) is 6.20. The Morgan fingerprint density at radius 3 is 2.03 bits per heavy atom. The Hall–Kier alpha value is -0.617. The topological polar surface area (TPSA) is 104 Å². The molecule has 0 unspecified atom stereocenters. The molecule has 0 N–H and O–H groups in total. The predicted octanol–water partition coefficient (Wildman–Crippen LogP) is 1.41. The summed E-state index contributed by atoms with van der Waals surface area (Å²) >= 11 is -1.89. The Bertz CT molecular complexity index is 1000. The van der Waals surface area contributed by atoms with Crippen LogP contribution in [0, 0.1) is 6.67 Å². The van der Waals surface area contributed by atoms with Crippen molar-refractivity contribution in [1.29, 1.82) is 0 Å². The molecule has 2 fully saturated rings. The summed E-state index contributed by atoms with van der Waals surface area (Å²) in [5, 5.41) is 0. The Morgan fingerprint density at radius 1 is 1.03 bits per heavy atom. The average Bonchev–Trinajstić information content (AvgIpc) is 3.38.